The van der Waals surface area contributed by atoms with Gasteiger partial charge in [-0.15, -0.1) is 0 Å². The Kier molecular flexibility index (Phi) is 4.60. The molecule has 1 aromatic rings. The first-order valence-electron chi connectivity index (χ1n) is 6.89. The number of hydrogen-bond acceptors (Lipinski definition) is 4. The topological polar surface area (TPSA) is 56.5 Å². The zero-order valence-electron chi connectivity index (χ0n) is 12.0. The lowest BCUT2D eigenvalue weighted by Gasteiger charge is -2.29. The van der Waals surface area contributed by atoms with Gasteiger partial charge in [0, 0.05) is 26.8 Å². The molecular weight excluding hydrogens is 244 g/mol. The lowest BCUT2D eigenvalue weighted by atomic mass is 9.99. The van der Waals surface area contributed by atoms with Gasteiger partial charge < -0.3 is 14.6 Å². The van der Waals surface area contributed by atoms with Crippen molar-refractivity contribution < 1.29 is 14.6 Å². The van der Waals surface area contributed by atoms with Crippen LogP contribution in [0.4, 0.5) is 0 Å². The van der Waals surface area contributed by atoms with Gasteiger partial charge in [-0.1, -0.05) is 12.8 Å². The maximum atomic E-state index is 10.4. The highest BCUT2D eigenvalue weighted by molar-refractivity contribution is 5.05. The van der Waals surface area contributed by atoms with Crippen molar-refractivity contribution in [2.45, 2.75) is 57.0 Å². The molecule has 0 aliphatic heterocycles. The van der Waals surface area contributed by atoms with Gasteiger partial charge in [-0.2, -0.15) is 5.10 Å². The van der Waals surface area contributed by atoms with Crippen LogP contribution in [0.2, 0.25) is 0 Å². The Bertz CT molecular complexity index is 393. The molecule has 5 nitrogen and oxygen atoms in total. The summed E-state index contributed by atoms with van der Waals surface area (Å²) in [6, 6.07) is 2.49. The van der Waals surface area contributed by atoms with Gasteiger partial charge in [-0.05, 0) is 25.8 Å². The number of methoxy groups -OCH3 is 2. The lowest BCUT2D eigenvalue weighted by molar-refractivity contribution is -0.207. The van der Waals surface area contributed by atoms with Crippen molar-refractivity contribution >= 4 is 0 Å². The first-order chi connectivity index (χ1) is 9.06. The fraction of sp³-hybridized carbons (Fsp3) is 0.786. The van der Waals surface area contributed by atoms with Gasteiger partial charge in [-0.3, -0.25) is 4.68 Å². The molecule has 0 saturated heterocycles. The van der Waals surface area contributed by atoms with Crippen LogP contribution >= 0.6 is 0 Å². The Morgan fingerprint density at radius 1 is 1.42 bits per heavy atom. The van der Waals surface area contributed by atoms with Crippen LogP contribution in [0.15, 0.2) is 12.3 Å². The number of hydrogen-bond donors (Lipinski definition) is 1. The molecule has 1 unspecified atom stereocenters. The van der Waals surface area contributed by atoms with E-state index in [4.69, 9.17) is 9.47 Å². The Morgan fingerprint density at radius 2 is 2.05 bits per heavy atom. The van der Waals surface area contributed by atoms with E-state index in [2.05, 4.69) is 5.10 Å². The first-order valence-corrected chi connectivity index (χ1v) is 6.89. The molecule has 1 saturated carbocycles. The Labute approximate surface area is 114 Å². The monoisotopic (exact) mass is 268 g/mol. The van der Waals surface area contributed by atoms with Crippen molar-refractivity contribution in [1.29, 1.82) is 0 Å². The molecule has 108 valence electrons. The molecule has 1 aromatic heterocycles. The molecule has 5 heteroatoms. The van der Waals surface area contributed by atoms with E-state index in [9.17, 15) is 5.11 Å². The van der Waals surface area contributed by atoms with E-state index >= 15 is 0 Å². The van der Waals surface area contributed by atoms with Crippen molar-refractivity contribution in [3.8, 4) is 0 Å². The molecule has 1 aliphatic rings. The number of nitrogens with zero attached hydrogens (tertiary/aromatic N) is 2. The summed E-state index contributed by atoms with van der Waals surface area (Å²) in [6.07, 6.45) is 6.76. The van der Waals surface area contributed by atoms with Crippen molar-refractivity contribution in [3.05, 3.63) is 18.0 Å². The van der Waals surface area contributed by atoms with Crippen LogP contribution in [-0.2, 0) is 15.9 Å². The average Bonchev–Trinajstić information content (AvgIpc) is 2.99. The van der Waals surface area contributed by atoms with Gasteiger partial charge in [0.15, 0.2) is 6.29 Å². The van der Waals surface area contributed by atoms with Crippen molar-refractivity contribution in [1.82, 2.24) is 9.78 Å². The van der Waals surface area contributed by atoms with Crippen LogP contribution in [0, 0.1) is 0 Å². The molecule has 1 atom stereocenters. The number of aliphatic hydroxyl groups is 1. The normalized spacial score (nSPS) is 20.1. The van der Waals surface area contributed by atoms with Crippen LogP contribution in [0.3, 0.4) is 0 Å². The largest absolute Gasteiger partial charge is 0.384 e. The SMILES string of the molecule is COC(OC)C(C)(O)Cc1ccn(C2CCCC2)n1. The van der Waals surface area contributed by atoms with Gasteiger partial charge >= 0.3 is 0 Å². The van der Waals surface area contributed by atoms with E-state index in [1.165, 1.54) is 39.9 Å². The predicted molar refractivity (Wildman–Crippen MR) is 71.9 cm³/mol. The van der Waals surface area contributed by atoms with Crippen molar-refractivity contribution in [2.24, 2.45) is 0 Å². The van der Waals surface area contributed by atoms with Crippen LogP contribution in [0.25, 0.3) is 0 Å². The lowest BCUT2D eigenvalue weighted by Crippen LogP contribution is -2.43. The summed E-state index contributed by atoms with van der Waals surface area (Å²) in [5, 5.41) is 15.0. The molecule has 0 bridgehead atoms. The fourth-order valence-corrected chi connectivity index (χ4v) is 2.90. The summed E-state index contributed by atoms with van der Waals surface area (Å²) in [7, 11) is 3.06. The zero-order valence-corrected chi connectivity index (χ0v) is 12.0. The molecule has 0 amide bonds. The molecular formula is C14H24N2O3. The molecule has 0 spiro atoms. The van der Waals surface area contributed by atoms with E-state index in [1.807, 2.05) is 16.9 Å². The third-order valence-electron chi connectivity index (χ3n) is 3.84. The van der Waals surface area contributed by atoms with Crippen molar-refractivity contribution in [3.63, 3.8) is 0 Å². The Balaban J connectivity index is 2.02. The molecule has 2 rings (SSSR count). The Hall–Kier alpha value is -0.910. The molecule has 1 heterocycles. The van der Waals surface area contributed by atoms with Crippen LogP contribution in [-0.4, -0.2) is 41.0 Å². The third kappa shape index (κ3) is 3.35. The highest BCUT2D eigenvalue weighted by atomic mass is 16.7. The number of rotatable bonds is 6. The Morgan fingerprint density at radius 3 is 2.63 bits per heavy atom. The summed E-state index contributed by atoms with van der Waals surface area (Å²) in [6.45, 7) is 1.71. The fourth-order valence-electron chi connectivity index (χ4n) is 2.90. The molecule has 0 aromatic carbocycles. The van der Waals surface area contributed by atoms with Gasteiger partial charge in [0.1, 0.15) is 5.60 Å². The summed E-state index contributed by atoms with van der Waals surface area (Å²) in [5.74, 6) is 0. The summed E-state index contributed by atoms with van der Waals surface area (Å²) in [5.41, 5.74) is -0.214. The summed E-state index contributed by atoms with van der Waals surface area (Å²) >= 11 is 0. The highest BCUT2D eigenvalue weighted by Crippen LogP contribution is 2.29. The standard InChI is InChI=1S/C14H24N2O3/c1-14(17,13(18-2)19-3)10-11-8-9-16(15-11)12-6-4-5-7-12/h8-9,12-13,17H,4-7,10H2,1-3H3. The second kappa shape index (κ2) is 6.03. The second-order valence-corrected chi connectivity index (χ2v) is 5.56. The molecule has 19 heavy (non-hydrogen) atoms. The van der Waals surface area contributed by atoms with Gasteiger partial charge in [-0.25, -0.2) is 0 Å². The maximum absolute atomic E-state index is 10.4. The molecule has 0 radical (unpaired) electrons. The van der Waals surface area contributed by atoms with Crippen LogP contribution in [0.1, 0.15) is 44.3 Å². The molecule has 1 fully saturated rings. The summed E-state index contributed by atoms with van der Waals surface area (Å²) < 4.78 is 12.3. The van der Waals surface area contributed by atoms with Gasteiger partial charge in [0.25, 0.3) is 0 Å². The summed E-state index contributed by atoms with van der Waals surface area (Å²) in [4.78, 5) is 0. The van der Waals surface area contributed by atoms with Gasteiger partial charge in [0.05, 0.1) is 11.7 Å². The van der Waals surface area contributed by atoms with Crippen molar-refractivity contribution in [2.75, 3.05) is 14.2 Å². The highest BCUT2D eigenvalue weighted by Gasteiger charge is 2.33. The first kappa shape index (κ1) is 14.5. The van der Waals surface area contributed by atoms with Crippen LogP contribution < -0.4 is 0 Å². The van der Waals surface area contributed by atoms with Gasteiger partial charge in [0.2, 0.25) is 0 Å². The minimum Gasteiger partial charge on any atom is -0.384 e. The second-order valence-electron chi connectivity index (χ2n) is 5.56. The zero-order chi connectivity index (χ0) is 13.9. The minimum absolute atomic E-state index is 0.416. The van der Waals surface area contributed by atoms with E-state index in [0.717, 1.165) is 5.69 Å². The third-order valence-corrected chi connectivity index (χ3v) is 3.84. The minimum atomic E-state index is -1.08. The molecule has 1 N–H and O–H groups in total. The van der Waals surface area contributed by atoms with E-state index in [1.54, 1.807) is 6.92 Å². The number of aromatic nitrogens is 2. The van der Waals surface area contributed by atoms with E-state index < -0.39 is 11.9 Å². The maximum Gasteiger partial charge on any atom is 0.185 e. The average molecular weight is 268 g/mol. The van der Waals surface area contributed by atoms with E-state index in [-0.39, 0.29) is 0 Å². The molecule has 1 aliphatic carbocycles. The quantitative estimate of drug-likeness (QED) is 0.801. The van der Waals surface area contributed by atoms with E-state index in [0.29, 0.717) is 12.5 Å². The predicted octanol–water partition coefficient (Wildman–Crippen LogP) is 1.91. The van der Waals surface area contributed by atoms with Crippen LogP contribution in [0.5, 0.6) is 0 Å². The smallest absolute Gasteiger partial charge is 0.185 e. The number of ether oxygens (including phenoxy) is 2.